The number of hydrogen-bond donors (Lipinski definition) is 2. The van der Waals surface area contributed by atoms with Gasteiger partial charge in [0, 0.05) is 18.9 Å². The van der Waals surface area contributed by atoms with E-state index < -0.39 is 12.4 Å². The highest BCUT2D eigenvalue weighted by atomic mass is 16.7. The summed E-state index contributed by atoms with van der Waals surface area (Å²) in [6, 6.07) is 0. The average molecular weight is 188 g/mol. The van der Waals surface area contributed by atoms with Crippen LogP contribution < -0.4 is 0 Å². The molecule has 2 N–H and O–H groups in total. The third kappa shape index (κ3) is 1.85. The van der Waals surface area contributed by atoms with Crippen LogP contribution in [-0.4, -0.2) is 36.3 Å². The molecule has 0 saturated carbocycles. The van der Waals surface area contributed by atoms with Crippen molar-refractivity contribution in [3.63, 3.8) is 0 Å². The molecule has 0 aromatic carbocycles. The van der Waals surface area contributed by atoms with Crippen molar-refractivity contribution in [2.45, 2.75) is 19.3 Å². The van der Waals surface area contributed by atoms with Gasteiger partial charge in [0.1, 0.15) is 6.10 Å². The minimum Gasteiger partial charge on any atom is -0.467 e. The zero-order valence-electron chi connectivity index (χ0n) is 7.93. The summed E-state index contributed by atoms with van der Waals surface area (Å²) in [5, 5.41) is 18.7. The molecule has 0 aromatic heterocycles. The van der Waals surface area contributed by atoms with Crippen molar-refractivity contribution in [1.29, 1.82) is 0 Å². The Hall–Kier alpha value is -0.580. The Morgan fingerprint density at radius 1 is 1.62 bits per heavy atom. The van der Waals surface area contributed by atoms with Crippen molar-refractivity contribution < 1.29 is 19.7 Å². The first-order valence-corrected chi connectivity index (χ1v) is 4.29. The van der Waals surface area contributed by atoms with Crippen molar-refractivity contribution in [1.82, 2.24) is 0 Å². The van der Waals surface area contributed by atoms with E-state index in [1.54, 1.807) is 0 Å². The predicted octanol–water partition coefficient (Wildman–Crippen LogP) is 0.108. The fraction of sp³-hybridized carbons (Fsp3) is 0.778. The van der Waals surface area contributed by atoms with E-state index in [0.29, 0.717) is 5.76 Å². The highest BCUT2D eigenvalue weighted by Crippen LogP contribution is 2.32. The zero-order chi connectivity index (χ0) is 10.0. The van der Waals surface area contributed by atoms with Crippen LogP contribution in [-0.2, 0) is 9.47 Å². The fourth-order valence-corrected chi connectivity index (χ4v) is 1.54. The summed E-state index contributed by atoms with van der Waals surface area (Å²) in [7, 11) is 1.47. The van der Waals surface area contributed by atoms with Gasteiger partial charge in [0.05, 0.1) is 12.4 Å². The van der Waals surface area contributed by atoms with E-state index >= 15 is 0 Å². The van der Waals surface area contributed by atoms with Gasteiger partial charge < -0.3 is 19.7 Å². The molecule has 1 saturated heterocycles. The summed E-state index contributed by atoms with van der Waals surface area (Å²) in [5.41, 5.74) is 0. The summed E-state index contributed by atoms with van der Waals surface area (Å²) >= 11 is 0. The van der Waals surface area contributed by atoms with Crippen LogP contribution in [0, 0.1) is 11.8 Å². The Kier molecular flexibility index (Phi) is 3.30. The number of aliphatic hydroxyl groups is 2. The lowest BCUT2D eigenvalue weighted by Crippen LogP contribution is -2.45. The van der Waals surface area contributed by atoms with E-state index in [9.17, 15) is 5.11 Å². The van der Waals surface area contributed by atoms with E-state index in [2.05, 4.69) is 6.58 Å². The number of ether oxygens (including phenoxy) is 2. The van der Waals surface area contributed by atoms with Gasteiger partial charge >= 0.3 is 0 Å². The SMILES string of the molecule is C=C1O[C@@H](OC)[C@H](O)C(C)[C@@H]1CO. The molecule has 1 unspecified atom stereocenters. The summed E-state index contributed by atoms with van der Waals surface area (Å²) in [6.45, 7) is 5.45. The molecule has 4 nitrogen and oxygen atoms in total. The molecule has 1 heterocycles. The third-order valence-electron chi connectivity index (χ3n) is 2.56. The summed E-state index contributed by atoms with van der Waals surface area (Å²) in [5.74, 6) is 0.171. The first kappa shape index (κ1) is 10.5. The van der Waals surface area contributed by atoms with Gasteiger partial charge in [0.2, 0.25) is 6.29 Å². The van der Waals surface area contributed by atoms with Crippen molar-refractivity contribution in [3.05, 3.63) is 12.3 Å². The predicted molar refractivity (Wildman–Crippen MR) is 46.8 cm³/mol. The van der Waals surface area contributed by atoms with Crippen LogP contribution in [0.3, 0.4) is 0 Å². The number of methoxy groups -OCH3 is 1. The second kappa shape index (κ2) is 4.09. The second-order valence-corrected chi connectivity index (χ2v) is 3.33. The minimum atomic E-state index is -0.715. The molecule has 0 bridgehead atoms. The molecule has 76 valence electrons. The van der Waals surface area contributed by atoms with Gasteiger partial charge in [-0.3, -0.25) is 0 Å². The van der Waals surface area contributed by atoms with E-state index in [4.69, 9.17) is 14.6 Å². The number of hydrogen-bond acceptors (Lipinski definition) is 4. The molecular formula is C9H16O4. The average Bonchev–Trinajstić information content (AvgIpc) is 2.12. The van der Waals surface area contributed by atoms with Crippen LogP contribution in [0.2, 0.25) is 0 Å². The maximum absolute atomic E-state index is 9.65. The molecule has 1 aliphatic rings. The van der Waals surface area contributed by atoms with E-state index in [1.165, 1.54) is 7.11 Å². The second-order valence-electron chi connectivity index (χ2n) is 3.33. The highest BCUT2D eigenvalue weighted by Gasteiger charge is 2.39. The van der Waals surface area contributed by atoms with Crippen molar-refractivity contribution in [2.24, 2.45) is 11.8 Å². The van der Waals surface area contributed by atoms with Gasteiger partial charge in [-0.05, 0) is 0 Å². The van der Waals surface area contributed by atoms with Crippen LogP contribution >= 0.6 is 0 Å². The quantitative estimate of drug-likeness (QED) is 0.645. The Morgan fingerprint density at radius 3 is 2.69 bits per heavy atom. The maximum Gasteiger partial charge on any atom is 0.225 e. The van der Waals surface area contributed by atoms with Crippen molar-refractivity contribution in [2.75, 3.05) is 13.7 Å². The molecular weight excluding hydrogens is 172 g/mol. The third-order valence-corrected chi connectivity index (χ3v) is 2.56. The molecule has 4 heteroatoms. The van der Waals surface area contributed by atoms with Crippen LogP contribution in [0.15, 0.2) is 12.3 Å². The molecule has 0 aromatic rings. The molecule has 1 aliphatic heterocycles. The Bertz CT molecular complexity index is 192. The summed E-state index contributed by atoms with van der Waals surface area (Å²) < 4.78 is 10.1. The lowest BCUT2D eigenvalue weighted by atomic mass is 9.86. The fourth-order valence-electron chi connectivity index (χ4n) is 1.54. The van der Waals surface area contributed by atoms with Gasteiger partial charge in [0.15, 0.2) is 0 Å². The lowest BCUT2D eigenvalue weighted by molar-refractivity contribution is -0.208. The van der Waals surface area contributed by atoms with Gasteiger partial charge in [-0.15, -0.1) is 0 Å². The van der Waals surface area contributed by atoms with Gasteiger partial charge in [-0.25, -0.2) is 0 Å². The molecule has 0 amide bonds. The maximum atomic E-state index is 9.65. The van der Waals surface area contributed by atoms with Gasteiger partial charge in [-0.1, -0.05) is 13.5 Å². The molecule has 0 spiro atoms. The van der Waals surface area contributed by atoms with Crippen LogP contribution in [0.25, 0.3) is 0 Å². The van der Waals surface area contributed by atoms with Crippen LogP contribution in [0.4, 0.5) is 0 Å². The standard InChI is InChI=1S/C9H16O4/c1-5-7(4-10)6(2)13-9(12-3)8(5)11/h5,7-11H,2,4H2,1,3H3/t5?,7-,8+,9+/m0/s1. The molecule has 0 radical (unpaired) electrons. The number of aliphatic hydroxyl groups excluding tert-OH is 2. The molecule has 4 atom stereocenters. The normalized spacial score (nSPS) is 40.2. The molecule has 0 aliphatic carbocycles. The topological polar surface area (TPSA) is 58.9 Å². The Morgan fingerprint density at radius 2 is 2.23 bits per heavy atom. The summed E-state index contributed by atoms with van der Waals surface area (Å²) in [6.07, 6.45) is -1.38. The van der Waals surface area contributed by atoms with Crippen LogP contribution in [0.5, 0.6) is 0 Å². The van der Waals surface area contributed by atoms with E-state index in [0.717, 1.165) is 0 Å². The number of rotatable bonds is 2. The van der Waals surface area contributed by atoms with Gasteiger partial charge in [0.25, 0.3) is 0 Å². The Balaban J connectivity index is 2.72. The largest absolute Gasteiger partial charge is 0.467 e. The zero-order valence-corrected chi connectivity index (χ0v) is 7.93. The smallest absolute Gasteiger partial charge is 0.225 e. The van der Waals surface area contributed by atoms with Crippen LogP contribution in [0.1, 0.15) is 6.92 Å². The first-order valence-electron chi connectivity index (χ1n) is 4.29. The first-order chi connectivity index (χ1) is 6.11. The molecule has 1 rings (SSSR count). The highest BCUT2D eigenvalue weighted by molar-refractivity contribution is 5.00. The Labute approximate surface area is 77.8 Å². The van der Waals surface area contributed by atoms with E-state index in [-0.39, 0.29) is 18.4 Å². The molecule has 13 heavy (non-hydrogen) atoms. The van der Waals surface area contributed by atoms with Crippen molar-refractivity contribution in [3.8, 4) is 0 Å². The monoisotopic (exact) mass is 188 g/mol. The molecule has 1 fully saturated rings. The van der Waals surface area contributed by atoms with E-state index in [1.807, 2.05) is 6.92 Å². The summed E-state index contributed by atoms with van der Waals surface area (Å²) in [4.78, 5) is 0. The van der Waals surface area contributed by atoms with Crippen molar-refractivity contribution >= 4 is 0 Å². The minimum absolute atomic E-state index is 0.0620. The lowest BCUT2D eigenvalue weighted by Gasteiger charge is -2.38. The van der Waals surface area contributed by atoms with Gasteiger partial charge in [-0.2, -0.15) is 0 Å².